The Hall–Kier alpha value is -2.53. The lowest BCUT2D eigenvalue weighted by Gasteiger charge is -2.18. The highest BCUT2D eigenvalue weighted by molar-refractivity contribution is 5.85. The van der Waals surface area contributed by atoms with Gasteiger partial charge in [-0.2, -0.15) is 4.39 Å². The van der Waals surface area contributed by atoms with E-state index >= 15 is 0 Å². The molecule has 0 unspecified atom stereocenters. The van der Waals surface area contributed by atoms with Crippen LogP contribution < -0.4 is 17.0 Å². The van der Waals surface area contributed by atoms with Gasteiger partial charge >= 0.3 is 11.7 Å². The van der Waals surface area contributed by atoms with Gasteiger partial charge in [-0.15, -0.1) is 12.4 Å². The van der Waals surface area contributed by atoms with E-state index < -0.39 is 41.5 Å². The number of nitrogens with zero attached hydrogens (tertiary/aromatic N) is 1. The number of esters is 1. The fraction of sp³-hybridized carbons (Fsp3) is 0.389. The number of halogens is 2. The lowest BCUT2D eigenvalue weighted by atomic mass is 10.2. The van der Waals surface area contributed by atoms with E-state index in [1.165, 1.54) is 0 Å². The van der Waals surface area contributed by atoms with Gasteiger partial charge in [0.25, 0.3) is 5.56 Å². The summed E-state index contributed by atoms with van der Waals surface area (Å²) >= 11 is 0. The van der Waals surface area contributed by atoms with Gasteiger partial charge in [0.2, 0.25) is 5.82 Å². The first-order valence-corrected chi connectivity index (χ1v) is 8.65. The summed E-state index contributed by atoms with van der Waals surface area (Å²) in [6, 6.07) is 9.44. The van der Waals surface area contributed by atoms with Crippen molar-refractivity contribution in [1.29, 1.82) is 0 Å². The van der Waals surface area contributed by atoms with Crippen molar-refractivity contribution in [3.8, 4) is 0 Å². The van der Waals surface area contributed by atoms with Gasteiger partial charge < -0.3 is 19.9 Å². The van der Waals surface area contributed by atoms with Crippen LogP contribution in [0.4, 0.5) is 4.39 Å². The molecule has 3 N–H and O–H groups in total. The van der Waals surface area contributed by atoms with Crippen molar-refractivity contribution >= 4 is 18.4 Å². The molecule has 9 nitrogen and oxygen atoms in total. The average Bonchev–Trinajstić information content (AvgIpc) is 3.07. The molecule has 1 aromatic carbocycles. The van der Waals surface area contributed by atoms with Gasteiger partial charge in [-0.1, -0.05) is 30.3 Å². The van der Waals surface area contributed by atoms with Crippen LogP contribution in [0.5, 0.6) is 0 Å². The molecule has 1 fully saturated rings. The highest BCUT2D eigenvalue weighted by Gasteiger charge is 2.39. The number of nitrogens with two attached hydrogens (primary N) is 1. The molecule has 3 rings (SSSR count). The number of carbonyl (C=O) groups is 1. The minimum atomic E-state index is -1.12. The van der Waals surface area contributed by atoms with Gasteiger partial charge in [-0.05, 0) is 5.56 Å². The average molecular weight is 430 g/mol. The zero-order valence-electron chi connectivity index (χ0n) is 15.3. The van der Waals surface area contributed by atoms with E-state index in [0.717, 1.165) is 16.3 Å². The number of rotatable bonds is 7. The molecule has 0 amide bonds. The van der Waals surface area contributed by atoms with Crippen LogP contribution in [0.25, 0.3) is 0 Å². The van der Waals surface area contributed by atoms with Crippen molar-refractivity contribution in [1.82, 2.24) is 9.55 Å². The fourth-order valence-electron chi connectivity index (χ4n) is 2.90. The summed E-state index contributed by atoms with van der Waals surface area (Å²) in [7, 11) is 0. The van der Waals surface area contributed by atoms with Gasteiger partial charge in [-0.3, -0.25) is 19.1 Å². The first kappa shape index (κ1) is 22.8. The molecule has 2 heterocycles. The van der Waals surface area contributed by atoms with Crippen molar-refractivity contribution in [3.63, 3.8) is 0 Å². The maximum atomic E-state index is 13.6. The van der Waals surface area contributed by atoms with Crippen LogP contribution in [-0.2, 0) is 25.6 Å². The summed E-state index contributed by atoms with van der Waals surface area (Å²) in [6.45, 7) is 0.0800. The molecule has 11 heteroatoms. The Balaban J connectivity index is 0.00000300. The predicted octanol–water partition coefficient (Wildman–Crippen LogP) is 0.472. The van der Waals surface area contributed by atoms with Crippen LogP contribution in [0.15, 0.2) is 46.1 Å². The van der Waals surface area contributed by atoms with Crippen LogP contribution in [0.1, 0.15) is 18.2 Å². The fourth-order valence-corrected chi connectivity index (χ4v) is 2.90. The zero-order chi connectivity index (χ0) is 20.1. The molecule has 1 aliphatic rings. The first-order valence-electron chi connectivity index (χ1n) is 8.65. The quantitative estimate of drug-likeness (QED) is 0.613. The van der Waals surface area contributed by atoms with Gasteiger partial charge in [0.05, 0.1) is 26.0 Å². The van der Waals surface area contributed by atoms with Gasteiger partial charge in [0.1, 0.15) is 18.4 Å². The minimum Gasteiger partial charge on any atom is -0.458 e. The zero-order valence-corrected chi connectivity index (χ0v) is 16.1. The Morgan fingerprint density at radius 2 is 2.03 bits per heavy atom. The van der Waals surface area contributed by atoms with E-state index in [1.807, 2.05) is 35.3 Å². The van der Waals surface area contributed by atoms with Crippen LogP contribution >= 0.6 is 12.4 Å². The Bertz CT molecular complexity index is 935. The number of benzene rings is 1. The molecule has 0 aliphatic carbocycles. The molecule has 0 saturated carbocycles. The summed E-state index contributed by atoms with van der Waals surface area (Å²) in [5.41, 5.74) is 4.29. The molecule has 3 atom stereocenters. The van der Waals surface area contributed by atoms with E-state index in [4.69, 9.17) is 19.9 Å². The normalized spacial score (nSPS) is 20.8. The summed E-state index contributed by atoms with van der Waals surface area (Å²) in [5.74, 6) is -1.76. The second-order valence-corrected chi connectivity index (χ2v) is 6.24. The number of nitrogens with one attached hydrogen (secondary N) is 1. The molecule has 1 saturated heterocycles. The van der Waals surface area contributed by atoms with E-state index in [9.17, 15) is 18.8 Å². The monoisotopic (exact) mass is 429 g/mol. The smallest absolute Gasteiger partial charge is 0.330 e. The number of aromatic nitrogens is 2. The number of aromatic amines is 1. The SMILES string of the molecule is Cl.NCC(=O)O[C@H]1C[C@H](n2cc(F)c(=O)[nH]c2=O)O[C@@H]1COCc1ccccc1. The number of H-pyrrole nitrogens is 1. The lowest BCUT2D eigenvalue weighted by molar-refractivity contribution is -0.152. The standard InChI is InChI=1S/C18H20FN3O6.ClH/c19-12-8-22(18(25)21-17(12)24)15-6-13(28-16(23)7-20)14(27-15)10-26-9-11-4-2-1-3-5-11;/h1-5,8,13-15H,6-7,9-10,20H2,(H,21,24,25);1H/t13-,14+,15+;/m0./s1. The molecule has 1 aliphatic heterocycles. The van der Waals surface area contributed by atoms with E-state index in [-0.39, 0.29) is 32.0 Å². The number of hydrogen-bond donors (Lipinski definition) is 2. The van der Waals surface area contributed by atoms with Gasteiger partial charge in [-0.25, -0.2) is 4.79 Å². The largest absolute Gasteiger partial charge is 0.458 e. The minimum absolute atomic E-state index is 0. The van der Waals surface area contributed by atoms with E-state index in [0.29, 0.717) is 6.61 Å². The highest BCUT2D eigenvalue weighted by atomic mass is 35.5. The summed E-state index contributed by atoms with van der Waals surface area (Å²) < 4.78 is 31.2. The van der Waals surface area contributed by atoms with Crippen LogP contribution in [0.2, 0.25) is 0 Å². The molecule has 158 valence electrons. The molecule has 0 bridgehead atoms. The topological polar surface area (TPSA) is 126 Å². The molecular weight excluding hydrogens is 409 g/mol. The van der Waals surface area contributed by atoms with Crippen LogP contribution in [0.3, 0.4) is 0 Å². The molecule has 0 spiro atoms. The Morgan fingerprint density at radius 1 is 1.31 bits per heavy atom. The third-order valence-corrected chi connectivity index (χ3v) is 4.26. The molecule has 29 heavy (non-hydrogen) atoms. The second kappa shape index (κ2) is 10.3. The summed E-state index contributed by atoms with van der Waals surface area (Å²) in [4.78, 5) is 36.6. The number of hydrogen-bond acceptors (Lipinski definition) is 7. The Kier molecular flexibility index (Phi) is 8.09. The first-order chi connectivity index (χ1) is 13.5. The van der Waals surface area contributed by atoms with Crippen molar-refractivity contribution < 1.29 is 23.4 Å². The van der Waals surface area contributed by atoms with Crippen LogP contribution in [0, 0.1) is 5.82 Å². The number of carbonyl (C=O) groups excluding carboxylic acids is 1. The molecule has 1 aromatic heterocycles. The van der Waals surface area contributed by atoms with E-state index in [2.05, 4.69) is 0 Å². The van der Waals surface area contributed by atoms with Gasteiger partial charge in [0, 0.05) is 6.42 Å². The highest BCUT2D eigenvalue weighted by Crippen LogP contribution is 2.30. The Labute approximate surface area is 171 Å². The molecule has 0 radical (unpaired) electrons. The van der Waals surface area contributed by atoms with Crippen LogP contribution in [-0.4, -0.2) is 40.9 Å². The summed E-state index contributed by atoms with van der Waals surface area (Å²) in [6.07, 6.45) is -1.51. The van der Waals surface area contributed by atoms with E-state index in [1.54, 1.807) is 0 Å². The van der Waals surface area contributed by atoms with Crippen molar-refractivity contribution in [2.75, 3.05) is 13.2 Å². The van der Waals surface area contributed by atoms with Crippen molar-refractivity contribution in [2.45, 2.75) is 31.5 Å². The maximum absolute atomic E-state index is 13.6. The second-order valence-electron chi connectivity index (χ2n) is 6.24. The maximum Gasteiger partial charge on any atom is 0.330 e. The number of ether oxygens (including phenoxy) is 3. The van der Waals surface area contributed by atoms with Crippen molar-refractivity contribution in [2.24, 2.45) is 5.73 Å². The predicted molar refractivity (Wildman–Crippen MR) is 102 cm³/mol. The summed E-state index contributed by atoms with van der Waals surface area (Å²) in [5, 5.41) is 0. The molecule has 2 aromatic rings. The lowest BCUT2D eigenvalue weighted by Crippen LogP contribution is -2.34. The van der Waals surface area contributed by atoms with Crippen molar-refractivity contribution in [3.05, 3.63) is 68.7 Å². The third-order valence-electron chi connectivity index (χ3n) is 4.26. The van der Waals surface area contributed by atoms with Gasteiger partial charge in [0.15, 0.2) is 0 Å². The third kappa shape index (κ3) is 5.73. The Morgan fingerprint density at radius 3 is 2.72 bits per heavy atom. The molecular formula is C18H21ClFN3O6.